The van der Waals surface area contributed by atoms with Crippen LogP contribution in [-0.2, 0) is 12.0 Å². The van der Waals surface area contributed by atoms with E-state index in [1.807, 2.05) is 0 Å². The van der Waals surface area contributed by atoms with E-state index in [9.17, 15) is 4.79 Å². The summed E-state index contributed by atoms with van der Waals surface area (Å²) in [7, 11) is 0. The van der Waals surface area contributed by atoms with E-state index in [1.165, 1.54) is 48.9 Å². The number of piperazine rings is 1. The number of benzene rings is 2. The maximum Gasteiger partial charge on any atom is 0.195 e. The summed E-state index contributed by atoms with van der Waals surface area (Å²) in [4.78, 5) is 27.1. The highest BCUT2D eigenvalue weighted by Gasteiger charge is 2.42. The molecular formula is C31H36N4O. The van der Waals surface area contributed by atoms with Gasteiger partial charge in [0.15, 0.2) is 5.78 Å². The summed E-state index contributed by atoms with van der Waals surface area (Å²) in [5.41, 5.74) is 8.59. The van der Waals surface area contributed by atoms with Gasteiger partial charge in [-0.05, 0) is 73.2 Å². The molecule has 5 heteroatoms. The monoisotopic (exact) mass is 480 g/mol. The summed E-state index contributed by atoms with van der Waals surface area (Å²) >= 11 is 0. The van der Waals surface area contributed by atoms with Crippen molar-refractivity contribution in [2.45, 2.75) is 69.9 Å². The van der Waals surface area contributed by atoms with Crippen LogP contribution < -0.4 is 4.90 Å². The van der Waals surface area contributed by atoms with Crippen molar-refractivity contribution in [3.05, 3.63) is 63.8 Å². The van der Waals surface area contributed by atoms with Gasteiger partial charge in [0.05, 0.1) is 12.1 Å². The Bertz CT molecular complexity index is 1380. The van der Waals surface area contributed by atoms with Crippen molar-refractivity contribution in [2.24, 2.45) is 4.99 Å². The average Bonchev–Trinajstić information content (AvgIpc) is 3.61. The molecular weight excluding hydrogens is 444 g/mol. The van der Waals surface area contributed by atoms with Crippen LogP contribution in [0.2, 0.25) is 0 Å². The molecule has 1 N–H and O–H groups in total. The molecule has 3 aliphatic carbocycles. The molecule has 1 aromatic heterocycles. The molecule has 4 aliphatic rings. The molecule has 0 spiro atoms. The minimum Gasteiger partial charge on any atom is -0.369 e. The topological polar surface area (TPSA) is 51.7 Å². The third-order valence-corrected chi connectivity index (χ3v) is 9.36. The van der Waals surface area contributed by atoms with Gasteiger partial charge in [-0.15, -0.1) is 0 Å². The first-order valence-corrected chi connectivity index (χ1v) is 13.8. The van der Waals surface area contributed by atoms with Gasteiger partial charge >= 0.3 is 0 Å². The third kappa shape index (κ3) is 3.32. The second-order valence-corrected chi connectivity index (χ2v) is 11.9. The van der Waals surface area contributed by atoms with Gasteiger partial charge in [0.1, 0.15) is 0 Å². The number of carbonyl (C=O) groups excluding carboxylic acids is 1. The van der Waals surface area contributed by atoms with Gasteiger partial charge < -0.3 is 9.88 Å². The van der Waals surface area contributed by atoms with Gasteiger partial charge in [-0.1, -0.05) is 32.4 Å². The SMILES string of the molecule is C=NCc1ccc2c3c([nH]c2c1)C(C)(C)c1cc(N2CCN(C4CCC4)CC2)c(C2CC2)cc1C3=O. The summed E-state index contributed by atoms with van der Waals surface area (Å²) in [5, 5.41) is 1.02. The molecule has 2 saturated carbocycles. The van der Waals surface area contributed by atoms with Gasteiger partial charge in [-0.2, -0.15) is 0 Å². The number of nitrogens with zero attached hydrogens (tertiary/aromatic N) is 3. The number of rotatable bonds is 5. The Hall–Kier alpha value is -2.92. The summed E-state index contributed by atoms with van der Waals surface area (Å²) in [5.74, 6) is 0.771. The first-order valence-electron chi connectivity index (χ1n) is 13.8. The summed E-state index contributed by atoms with van der Waals surface area (Å²) in [6.45, 7) is 13.2. The van der Waals surface area contributed by atoms with Crippen molar-refractivity contribution >= 4 is 29.1 Å². The number of hydrogen-bond donors (Lipinski definition) is 1. The largest absolute Gasteiger partial charge is 0.369 e. The van der Waals surface area contributed by atoms with Crippen molar-refractivity contribution in [1.29, 1.82) is 0 Å². The minimum atomic E-state index is -0.279. The quantitative estimate of drug-likeness (QED) is 0.470. The van der Waals surface area contributed by atoms with Gasteiger partial charge in [-0.3, -0.25) is 14.7 Å². The van der Waals surface area contributed by atoms with Crippen molar-refractivity contribution in [2.75, 3.05) is 31.1 Å². The van der Waals surface area contributed by atoms with Gasteiger partial charge in [0.2, 0.25) is 0 Å². The van der Waals surface area contributed by atoms with Gasteiger partial charge in [0.25, 0.3) is 0 Å². The van der Waals surface area contributed by atoms with E-state index >= 15 is 0 Å². The highest BCUT2D eigenvalue weighted by atomic mass is 16.1. The van der Waals surface area contributed by atoms with Crippen LogP contribution in [0.25, 0.3) is 10.9 Å². The fourth-order valence-electron chi connectivity index (χ4n) is 6.83. The lowest BCUT2D eigenvalue weighted by atomic mass is 9.70. The van der Waals surface area contributed by atoms with Crippen LogP contribution in [0.15, 0.2) is 35.3 Å². The van der Waals surface area contributed by atoms with Crippen molar-refractivity contribution < 1.29 is 4.79 Å². The first kappa shape index (κ1) is 22.3. The van der Waals surface area contributed by atoms with Gasteiger partial charge in [-0.25, -0.2) is 0 Å². The summed E-state index contributed by atoms with van der Waals surface area (Å²) < 4.78 is 0. The van der Waals surface area contributed by atoms with Crippen LogP contribution >= 0.6 is 0 Å². The van der Waals surface area contributed by atoms with E-state index in [1.54, 1.807) is 0 Å². The lowest BCUT2D eigenvalue weighted by Crippen LogP contribution is -2.52. The van der Waals surface area contributed by atoms with Crippen molar-refractivity contribution in [3.63, 3.8) is 0 Å². The number of ketones is 1. The molecule has 0 unspecified atom stereocenters. The molecule has 0 atom stereocenters. The number of hydrogen-bond acceptors (Lipinski definition) is 4. The van der Waals surface area contributed by atoms with Crippen LogP contribution in [0.3, 0.4) is 0 Å². The van der Waals surface area contributed by atoms with Crippen LogP contribution in [0.5, 0.6) is 0 Å². The number of anilines is 1. The Kier molecular flexibility index (Phi) is 4.98. The molecule has 1 saturated heterocycles. The Morgan fingerprint density at radius 1 is 1.06 bits per heavy atom. The zero-order valence-corrected chi connectivity index (χ0v) is 21.6. The number of carbonyl (C=O) groups is 1. The molecule has 7 rings (SSSR count). The zero-order chi connectivity index (χ0) is 24.6. The Balaban J connectivity index is 1.31. The minimum absolute atomic E-state index is 0.170. The molecule has 3 fully saturated rings. The van der Waals surface area contributed by atoms with E-state index in [0.717, 1.165) is 65.5 Å². The lowest BCUT2D eigenvalue weighted by molar-refractivity contribution is 0.103. The van der Waals surface area contributed by atoms with Crippen LogP contribution in [0.1, 0.15) is 90.2 Å². The summed E-state index contributed by atoms with van der Waals surface area (Å²) in [6.07, 6.45) is 6.63. The average molecular weight is 481 g/mol. The van der Waals surface area contributed by atoms with E-state index in [4.69, 9.17) is 0 Å². The van der Waals surface area contributed by atoms with E-state index in [2.05, 4.69) is 70.7 Å². The third-order valence-electron chi connectivity index (χ3n) is 9.36. The van der Waals surface area contributed by atoms with Crippen molar-refractivity contribution in [1.82, 2.24) is 9.88 Å². The molecule has 0 radical (unpaired) electrons. The molecule has 5 nitrogen and oxygen atoms in total. The standard InChI is InChI=1S/C31H36N4O/c1-31(2)25-17-27(35-13-11-34(12-14-35)21-5-4-6-21)23(20-8-9-20)16-24(25)29(36)28-22-10-7-19(18-32-3)15-26(22)33-30(28)31/h7,10,15-17,20-21,33H,3-6,8-9,11-14,18H2,1-2H3. The van der Waals surface area contributed by atoms with Crippen LogP contribution in [-0.4, -0.2) is 54.6 Å². The Morgan fingerprint density at radius 3 is 2.50 bits per heavy atom. The number of aliphatic imine (C=N–C) groups is 1. The molecule has 0 bridgehead atoms. The number of aromatic nitrogens is 1. The normalized spacial score (nSPS) is 21.8. The van der Waals surface area contributed by atoms with Crippen LogP contribution in [0, 0.1) is 0 Å². The van der Waals surface area contributed by atoms with E-state index < -0.39 is 0 Å². The highest BCUT2D eigenvalue weighted by Crippen LogP contribution is 2.50. The second kappa shape index (κ2) is 8.04. The van der Waals surface area contributed by atoms with Crippen molar-refractivity contribution in [3.8, 4) is 0 Å². The Labute approximate surface area is 213 Å². The molecule has 2 heterocycles. The fourth-order valence-corrected chi connectivity index (χ4v) is 6.83. The highest BCUT2D eigenvalue weighted by molar-refractivity contribution is 6.20. The fraction of sp³-hybridized carbons (Fsp3) is 0.484. The zero-order valence-electron chi connectivity index (χ0n) is 21.6. The predicted octanol–water partition coefficient (Wildman–Crippen LogP) is 5.79. The number of nitrogens with one attached hydrogen (secondary N) is 1. The molecule has 2 aromatic carbocycles. The maximum atomic E-state index is 14.1. The smallest absolute Gasteiger partial charge is 0.195 e. The second-order valence-electron chi connectivity index (χ2n) is 11.9. The molecule has 186 valence electrons. The molecule has 0 amide bonds. The number of H-pyrrole nitrogens is 1. The summed E-state index contributed by atoms with van der Waals surface area (Å²) in [6, 6.07) is 11.8. The van der Waals surface area contributed by atoms with Gasteiger partial charge in [0, 0.05) is 65.5 Å². The molecule has 1 aliphatic heterocycles. The first-order chi connectivity index (χ1) is 17.5. The lowest BCUT2D eigenvalue weighted by Gasteiger charge is -2.44. The maximum absolute atomic E-state index is 14.1. The predicted molar refractivity (Wildman–Crippen MR) is 147 cm³/mol. The number of fused-ring (bicyclic) bond motifs is 4. The van der Waals surface area contributed by atoms with E-state index in [-0.39, 0.29) is 11.2 Å². The van der Waals surface area contributed by atoms with Crippen LogP contribution in [0.4, 0.5) is 5.69 Å². The molecule has 36 heavy (non-hydrogen) atoms. The number of aromatic amines is 1. The molecule has 3 aromatic rings. The Morgan fingerprint density at radius 2 is 1.83 bits per heavy atom. The van der Waals surface area contributed by atoms with E-state index in [0.29, 0.717) is 12.5 Å².